The van der Waals surface area contributed by atoms with Crippen LogP contribution in [-0.4, -0.2) is 32.7 Å². The highest BCUT2D eigenvalue weighted by Crippen LogP contribution is 2.16. The molecule has 0 bridgehead atoms. The minimum absolute atomic E-state index is 0.0186. The molecule has 18 heavy (non-hydrogen) atoms. The molecular weight excluding hydrogens is 228 g/mol. The predicted octanol–water partition coefficient (Wildman–Crippen LogP) is 1.13. The fourth-order valence-corrected chi connectivity index (χ4v) is 1.58. The lowest BCUT2D eigenvalue weighted by Gasteiger charge is -2.08. The number of nitrogens with one attached hydrogen (secondary N) is 2. The Hall–Kier alpha value is -1.81. The van der Waals surface area contributed by atoms with Crippen molar-refractivity contribution >= 4 is 5.91 Å². The van der Waals surface area contributed by atoms with Gasteiger partial charge in [-0.05, 0) is 24.6 Å². The Balaban J connectivity index is 2.25. The molecule has 0 fully saturated rings. The van der Waals surface area contributed by atoms with Crippen LogP contribution in [0.4, 0.5) is 0 Å². The van der Waals surface area contributed by atoms with Crippen LogP contribution in [0, 0.1) is 0 Å². The first-order valence-electron chi connectivity index (χ1n) is 5.98. The quantitative estimate of drug-likeness (QED) is 0.535. The summed E-state index contributed by atoms with van der Waals surface area (Å²) in [5.41, 5.74) is 1.14. The van der Waals surface area contributed by atoms with Crippen molar-refractivity contribution in [2.24, 2.45) is 0 Å². The number of amides is 1. The zero-order valence-electron chi connectivity index (χ0n) is 10.7. The molecule has 0 aromatic heterocycles. The SMILES string of the molecule is C=CCNC(=O)CNCCc1ccccc1OC. The lowest BCUT2D eigenvalue weighted by atomic mass is 10.1. The van der Waals surface area contributed by atoms with Gasteiger partial charge in [-0.15, -0.1) is 6.58 Å². The van der Waals surface area contributed by atoms with Gasteiger partial charge in [-0.2, -0.15) is 0 Å². The number of carbonyl (C=O) groups is 1. The maximum absolute atomic E-state index is 11.3. The number of hydrogen-bond donors (Lipinski definition) is 2. The van der Waals surface area contributed by atoms with Crippen molar-refractivity contribution in [3.05, 3.63) is 42.5 Å². The molecule has 2 N–H and O–H groups in total. The standard InChI is InChI=1S/C14H20N2O2/c1-3-9-16-14(17)11-15-10-8-12-6-4-5-7-13(12)18-2/h3-7,15H,1,8-11H2,2H3,(H,16,17). The van der Waals surface area contributed by atoms with Gasteiger partial charge in [-0.1, -0.05) is 24.3 Å². The maximum Gasteiger partial charge on any atom is 0.234 e. The van der Waals surface area contributed by atoms with E-state index in [1.807, 2.05) is 24.3 Å². The zero-order chi connectivity index (χ0) is 13.2. The second-order valence-corrected chi connectivity index (χ2v) is 3.83. The summed E-state index contributed by atoms with van der Waals surface area (Å²) < 4.78 is 5.26. The number of hydrogen-bond acceptors (Lipinski definition) is 3. The number of benzene rings is 1. The molecule has 4 heteroatoms. The Bertz CT molecular complexity index is 391. The van der Waals surface area contributed by atoms with Crippen molar-refractivity contribution in [2.75, 3.05) is 26.7 Å². The summed E-state index contributed by atoms with van der Waals surface area (Å²) in [6.07, 6.45) is 2.49. The molecular formula is C14H20N2O2. The van der Waals surface area contributed by atoms with Crippen LogP contribution >= 0.6 is 0 Å². The lowest BCUT2D eigenvalue weighted by Crippen LogP contribution is -2.34. The van der Waals surface area contributed by atoms with E-state index in [9.17, 15) is 4.79 Å². The van der Waals surface area contributed by atoms with Gasteiger partial charge in [0.1, 0.15) is 5.75 Å². The molecule has 4 nitrogen and oxygen atoms in total. The van der Waals surface area contributed by atoms with Crippen LogP contribution in [0.1, 0.15) is 5.56 Å². The summed E-state index contributed by atoms with van der Waals surface area (Å²) >= 11 is 0. The van der Waals surface area contributed by atoms with Crippen LogP contribution in [0.2, 0.25) is 0 Å². The molecule has 0 atom stereocenters. The van der Waals surface area contributed by atoms with Gasteiger partial charge in [0, 0.05) is 6.54 Å². The summed E-state index contributed by atoms with van der Waals surface area (Å²) in [6.45, 7) is 5.11. The second kappa shape index (κ2) is 8.31. The van der Waals surface area contributed by atoms with E-state index >= 15 is 0 Å². The largest absolute Gasteiger partial charge is 0.496 e. The van der Waals surface area contributed by atoms with Gasteiger partial charge in [-0.3, -0.25) is 4.79 Å². The van der Waals surface area contributed by atoms with E-state index in [1.54, 1.807) is 13.2 Å². The average molecular weight is 248 g/mol. The van der Waals surface area contributed by atoms with Crippen molar-refractivity contribution in [1.29, 1.82) is 0 Å². The van der Waals surface area contributed by atoms with E-state index in [-0.39, 0.29) is 5.91 Å². The number of para-hydroxylation sites is 1. The van der Waals surface area contributed by atoms with E-state index < -0.39 is 0 Å². The number of methoxy groups -OCH3 is 1. The minimum Gasteiger partial charge on any atom is -0.496 e. The molecule has 0 saturated carbocycles. The van der Waals surface area contributed by atoms with Gasteiger partial charge in [0.05, 0.1) is 13.7 Å². The molecule has 0 saturated heterocycles. The van der Waals surface area contributed by atoms with Gasteiger partial charge in [0.25, 0.3) is 0 Å². The van der Waals surface area contributed by atoms with Crippen LogP contribution in [-0.2, 0) is 11.2 Å². The molecule has 1 aromatic carbocycles. The molecule has 1 rings (SSSR count). The van der Waals surface area contributed by atoms with Gasteiger partial charge < -0.3 is 15.4 Å². The second-order valence-electron chi connectivity index (χ2n) is 3.83. The Morgan fingerprint density at radius 1 is 1.44 bits per heavy atom. The monoisotopic (exact) mass is 248 g/mol. The molecule has 0 unspecified atom stereocenters. The molecule has 1 amide bonds. The first kappa shape index (κ1) is 14.3. The van der Waals surface area contributed by atoms with Crippen molar-refractivity contribution in [1.82, 2.24) is 10.6 Å². The predicted molar refractivity (Wildman–Crippen MR) is 72.8 cm³/mol. The fraction of sp³-hybridized carbons (Fsp3) is 0.357. The third-order valence-electron chi connectivity index (χ3n) is 2.49. The Kier molecular flexibility index (Phi) is 6.58. The normalized spacial score (nSPS) is 9.83. The van der Waals surface area contributed by atoms with E-state index in [2.05, 4.69) is 17.2 Å². The van der Waals surface area contributed by atoms with Crippen molar-refractivity contribution in [3.8, 4) is 5.75 Å². The van der Waals surface area contributed by atoms with Crippen LogP contribution in [0.25, 0.3) is 0 Å². The molecule has 0 radical (unpaired) electrons. The molecule has 0 aliphatic carbocycles. The Morgan fingerprint density at radius 3 is 2.94 bits per heavy atom. The van der Waals surface area contributed by atoms with E-state index in [4.69, 9.17) is 4.74 Å². The summed E-state index contributed by atoms with van der Waals surface area (Å²) in [4.78, 5) is 11.3. The number of ether oxygens (including phenoxy) is 1. The maximum atomic E-state index is 11.3. The first-order valence-corrected chi connectivity index (χ1v) is 5.98. The molecule has 0 heterocycles. The van der Waals surface area contributed by atoms with Crippen LogP contribution in [0.5, 0.6) is 5.75 Å². The van der Waals surface area contributed by atoms with Gasteiger partial charge >= 0.3 is 0 Å². The van der Waals surface area contributed by atoms with Crippen LogP contribution in [0.15, 0.2) is 36.9 Å². The van der Waals surface area contributed by atoms with Gasteiger partial charge in [-0.25, -0.2) is 0 Å². The van der Waals surface area contributed by atoms with Gasteiger partial charge in [0.15, 0.2) is 0 Å². The van der Waals surface area contributed by atoms with Crippen molar-refractivity contribution in [3.63, 3.8) is 0 Å². The summed E-state index contributed by atoms with van der Waals surface area (Å²) in [5.74, 6) is 0.866. The van der Waals surface area contributed by atoms with E-state index in [1.165, 1.54) is 0 Å². The molecule has 98 valence electrons. The highest BCUT2D eigenvalue weighted by Gasteiger charge is 2.02. The number of rotatable bonds is 8. The Labute approximate surface area is 108 Å². The fourth-order valence-electron chi connectivity index (χ4n) is 1.58. The molecule has 0 aliphatic heterocycles. The zero-order valence-corrected chi connectivity index (χ0v) is 10.7. The first-order chi connectivity index (χ1) is 8.77. The third-order valence-corrected chi connectivity index (χ3v) is 2.49. The smallest absolute Gasteiger partial charge is 0.234 e. The molecule has 0 aliphatic rings. The minimum atomic E-state index is -0.0186. The number of carbonyl (C=O) groups excluding carboxylic acids is 1. The topological polar surface area (TPSA) is 50.4 Å². The highest BCUT2D eigenvalue weighted by molar-refractivity contribution is 5.78. The Morgan fingerprint density at radius 2 is 2.22 bits per heavy atom. The average Bonchev–Trinajstić information content (AvgIpc) is 2.41. The summed E-state index contributed by atoms with van der Waals surface area (Å²) in [5, 5.41) is 5.80. The summed E-state index contributed by atoms with van der Waals surface area (Å²) in [6, 6.07) is 7.89. The molecule has 0 spiro atoms. The highest BCUT2D eigenvalue weighted by atomic mass is 16.5. The third kappa shape index (κ3) is 5.01. The van der Waals surface area contributed by atoms with Gasteiger partial charge in [0.2, 0.25) is 5.91 Å². The van der Waals surface area contributed by atoms with Crippen LogP contribution < -0.4 is 15.4 Å². The van der Waals surface area contributed by atoms with Crippen LogP contribution in [0.3, 0.4) is 0 Å². The van der Waals surface area contributed by atoms with Crippen molar-refractivity contribution < 1.29 is 9.53 Å². The lowest BCUT2D eigenvalue weighted by molar-refractivity contribution is -0.120. The van der Waals surface area contributed by atoms with Crippen molar-refractivity contribution in [2.45, 2.75) is 6.42 Å². The summed E-state index contributed by atoms with van der Waals surface area (Å²) in [7, 11) is 1.66. The van der Waals surface area contributed by atoms with E-state index in [0.717, 1.165) is 24.3 Å². The van der Waals surface area contributed by atoms with E-state index in [0.29, 0.717) is 13.1 Å². The molecule has 1 aromatic rings.